The van der Waals surface area contributed by atoms with Gasteiger partial charge < -0.3 is 15.4 Å². The lowest BCUT2D eigenvalue weighted by Crippen LogP contribution is -2.46. The third kappa shape index (κ3) is 4.20. The van der Waals surface area contributed by atoms with E-state index in [1.54, 1.807) is 13.0 Å². The highest BCUT2D eigenvalue weighted by molar-refractivity contribution is 6.01. The number of rotatable bonds is 4. The number of aryl methyl sites for hydroxylation is 1. The lowest BCUT2D eigenvalue weighted by molar-refractivity contribution is -0.118. The van der Waals surface area contributed by atoms with Gasteiger partial charge in [0.1, 0.15) is 29.9 Å². The summed E-state index contributed by atoms with van der Waals surface area (Å²) in [6, 6.07) is 5.40. The van der Waals surface area contributed by atoms with Crippen molar-refractivity contribution in [3.63, 3.8) is 0 Å². The number of carbonyl (C=O) groups excluding carboxylic acids is 2. The molecule has 2 amide bonds. The van der Waals surface area contributed by atoms with E-state index in [0.717, 1.165) is 6.07 Å². The summed E-state index contributed by atoms with van der Waals surface area (Å²) in [6.45, 7) is 1.44. The first-order chi connectivity index (χ1) is 14.8. The molecule has 160 valence electrons. The molecule has 0 bridgehead atoms. The predicted molar refractivity (Wildman–Crippen MR) is 102 cm³/mol. The summed E-state index contributed by atoms with van der Waals surface area (Å²) < 4.78 is 46.7. The molecular formula is C20H16F3N5O3. The lowest BCUT2D eigenvalue weighted by atomic mass is 10.1. The third-order valence-electron chi connectivity index (χ3n) is 4.60. The number of ether oxygens (including phenoxy) is 1. The number of halogens is 3. The lowest BCUT2D eigenvalue weighted by Gasteiger charge is -2.13. The Labute approximate surface area is 173 Å². The molecule has 1 aliphatic rings. The van der Waals surface area contributed by atoms with E-state index in [-0.39, 0.29) is 41.7 Å². The summed E-state index contributed by atoms with van der Waals surface area (Å²) in [7, 11) is 0. The van der Waals surface area contributed by atoms with Gasteiger partial charge in [0, 0.05) is 6.42 Å². The highest BCUT2D eigenvalue weighted by Gasteiger charge is 2.29. The van der Waals surface area contributed by atoms with Gasteiger partial charge in [-0.05, 0) is 36.2 Å². The second kappa shape index (κ2) is 8.09. The van der Waals surface area contributed by atoms with Crippen molar-refractivity contribution in [1.29, 1.82) is 0 Å². The van der Waals surface area contributed by atoms with Crippen molar-refractivity contribution in [3.05, 3.63) is 70.6 Å². The van der Waals surface area contributed by atoms with Gasteiger partial charge in [-0.25, -0.2) is 18.2 Å². The number of aromatic nitrogens is 3. The Bertz CT molecular complexity index is 1180. The van der Waals surface area contributed by atoms with Crippen molar-refractivity contribution < 1.29 is 27.5 Å². The number of amides is 2. The van der Waals surface area contributed by atoms with Crippen LogP contribution in [0.1, 0.15) is 27.6 Å². The first-order valence-electron chi connectivity index (χ1n) is 9.20. The summed E-state index contributed by atoms with van der Waals surface area (Å²) in [5.41, 5.74) is 0.537. The van der Waals surface area contributed by atoms with Crippen LogP contribution >= 0.6 is 0 Å². The molecule has 8 nitrogen and oxygen atoms in total. The summed E-state index contributed by atoms with van der Waals surface area (Å²) >= 11 is 0. The summed E-state index contributed by atoms with van der Waals surface area (Å²) in [4.78, 5) is 28.8. The van der Waals surface area contributed by atoms with E-state index in [9.17, 15) is 22.8 Å². The molecule has 1 unspecified atom stereocenters. The van der Waals surface area contributed by atoms with Gasteiger partial charge in [0.15, 0.2) is 17.5 Å². The van der Waals surface area contributed by atoms with Crippen molar-refractivity contribution in [2.24, 2.45) is 0 Å². The normalized spacial score (nSPS) is 15.5. The monoisotopic (exact) mass is 431 g/mol. The van der Waals surface area contributed by atoms with Gasteiger partial charge in [-0.2, -0.15) is 0 Å². The Morgan fingerprint density at radius 1 is 1.26 bits per heavy atom. The van der Waals surface area contributed by atoms with Crippen LogP contribution in [0.4, 0.5) is 18.9 Å². The number of nitrogens with zero attached hydrogens (tertiary/aromatic N) is 2. The van der Waals surface area contributed by atoms with Gasteiger partial charge in [-0.3, -0.25) is 14.7 Å². The van der Waals surface area contributed by atoms with Crippen molar-refractivity contribution in [2.75, 3.05) is 11.9 Å². The molecule has 11 heteroatoms. The molecule has 4 rings (SSSR count). The van der Waals surface area contributed by atoms with Gasteiger partial charge in [0.2, 0.25) is 5.82 Å². The first kappa shape index (κ1) is 20.4. The second-order valence-electron chi connectivity index (χ2n) is 6.94. The molecule has 3 N–H and O–H groups in total. The Morgan fingerprint density at radius 3 is 2.87 bits per heavy atom. The molecule has 0 spiro atoms. The molecule has 0 saturated carbocycles. The van der Waals surface area contributed by atoms with Crippen LogP contribution in [0.25, 0.3) is 0 Å². The van der Waals surface area contributed by atoms with Crippen molar-refractivity contribution in [3.8, 4) is 5.75 Å². The molecule has 0 aliphatic carbocycles. The van der Waals surface area contributed by atoms with E-state index in [2.05, 4.69) is 25.8 Å². The van der Waals surface area contributed by atoms with Crippen LogP contribution in [0.2, 0.25) is 0 Å². The third-order valence-corrected chi connectivity index (χ3v) is 4.60. The van der Waals surface area contributed by atoms with E-state index < -0.39 is 35.3 Å². The molecule has 0 fully saturated rings. The van der Waals surface area contributed by atoms with Crippen LogP contribution in [0, 0.1) is 24.4 Å². The zero-order chi connectivity index (χ0) is 22.1. The maximum Gasteiger partial charge on any atom is 0.291 e. The molecule has 0 radical (unpaired) electrons. The number of anilines is 1. The average molecular weight is 431 g/mol. The van der Waals surface area contributed by atoms with Gasteiger partial charge in [-0.15, -0.1) is 5.10 Å². The average Bonchev–Trinajstić information content (AvgIpc) is 3.13. The van der Waals surface area contributed by atoms with E-state index in [1.807, 2.05) is 0 Å². The molecule has 3 aromatic rings. The van der Waals surface area contributed by atoms with E-state index >= 15 is 0 Å². The fourth-order valence-electron chi connectivity index (χ4n) is 3.08. The van der Waals surface area contributed by atoms with Crippen molar-refractivity contribution in [1.82, 2.24) is 20.5 Å². The maximum absolute atomic E-state index is 14.1. The molecule has 1 aliphatic heterocycles. The standard InChI is InChI=1S/C20H16F3N5O3/c1-9-5-12(22)17-14(6-9)31-8-13(19(29)26-17)24-20(30)18-25-15(27-28-18)7-10-3-2-4-11(21)16(10)23/h2-6,13H,7-8H2,1H3,(H,24,30)(H,26,29)(H,25,27,28). The van der Waals surface area contributed by atoms with E-state index in [0.29, 0.717) is 5.56 Å². The van der Waals surface area contributed by atoms with Crippen molar-refractivity contribution in [2.45, 2.75) is 19.4 Å². The fraction of sp³-hybridized carbons (Fsp3) is 0.200. The Kier molecular flexibility index (Phi) is 5.32. The zero-order valence-electron chi connectivity index (χ0n) is 16.1. The van der Waals surface area contributed by atoms with Gasteiger partial charge in [0.25, 0.3) is 11.8 Å². The number of carbonyl (C=O) groups is 2. The van der Waals surface area contributed by atoms with E-state index in [1.165, 1.54) is 18.2 Å². The Morgan fingerprint density at radius 2 is 2.06 bits per heavy atom. The molecular weight excluding hydrogens is 415 g/mol. The first-order valence-corrected chi connectivity index (χ1v) is 9.20. The minimum absolute atomic E-state index is 0.0368. The van der Waals surface area contributed by atoms with Gasteiger partial charge in [-0.1, -0.05) is 12.1 Å². The van der Waals surface area contributed by atoms with Gasteiger partial charge >= 0.3 is 0 Å². The zero-order valence-corrected chi connectivity index (χ0v) is 16.1. The topological polar surface area (TPSA) is 109 Å². The number of H-pyrrole nitrogens is 1. The number of fused-ring (bicyclic) bond motifs is 1. The Balaban J connectivity index is 1.45. The minimum Gasteiger partial charge on any atom is -0.489 e. The molecule has 2 heterocycles. The largest absolute Gasteiger partial charge is 0.489 e. The Hall–Kier alpha value is -3.89. The second-order valence-corrected chi connectivity index (χ2v) is 6.94. The number of nitrogens with one attached hydrogen (secondary N) is 3. The summed E-state index contributed by atoms with van der Waals surface area (Å²) in [6.07, 6.45) is -0.120. The highest BCUT2D eigenvalue weighted by Crippen LogP contribution is 2.31. The molecule has 1 aromatic heterocycles. The smallest absolute Gasteiger partial charge is 0.291 e. The molecule has 1 atom stereocenters. The minimum atomic E-state index is -1.14. The number of aromatic amines is 1. The SMILES string of the molecule is Cc1cc(F)c2c(c1)OCC(NC(=O)c1n[nH]c(Cc3cccc(F)c3F)n1)C(=O)N2. The van der Waals surface area contributed by atoms with Crippen LogP contribution in [0.15, 0.2) is 30.3 Å². The summed E-state index contributed by atoms with van der Waals surface area (Å²) in [5.74, 6) is -4.16. The van der Waals surface area contributed by atoms with Crippen LogP contribution in [-0.2, 0) is 11.2 Å². The number of hydrogen-bond donors (Lipinski definition) is 3. The van der Waals surface area contributed by atoms with Crippen molar-refractivity contribution >= 4 is 17.5 Å². The summed E-state index contributed by atoms with van der Waals surface area (Å²) in [5, 5.41) is 11.0. The predicted octanol–water partition coefficient (Wildman–Crippen LogP) is 2.25. The van der Waals surface area contributed by atoms with Crippen LogP contribution in [0.5, 0.6) is 5.75 Å². The molecule has 31 heavy (non-hydrogen) atoms. The number of hydrogen-bond acceptors (Lipinski definition) is 5. The van der Waals surface area contributed by atoms with Gasteiger partial charge in [0.05, 0.1) is 0 Å². The van der Waals surface area contributed by atoms with E-state index in [4.69, 9.17) is 4.74 Å². The highest BCUT2D eigenvalue weighted by atomic mass is 19.2. The maximum atomic E-state index is 14.1. The van der Waals surface area contributed by atoms with Crippen LogP contribution in [-0.4, -0.2) is 39.6 Å². The van der Waals surface area contributed by atoms with Crippen LogP contribution in [0.3, 0.4) is 0 Å². The molecule has 0 saturated heterocycles. The quantitative estimate of drug-likeness (QED) is 0.587. The van der Waals surface area contributed by atoms with Crippen LogP contribution < -0.4 is 15.4 Å². The molecule has 2 aromatic carbocycles. The fourth-order valence-corrected chi connectivity index (χ4v) is 3.08. The number of benzene rings is 2.